The van der Waals surface area contributed by atoms with E-state index in [1.807, 2.05) is 0 Å². The summed E-state index contributed by atoms with van der Waals surface area (Å²) in [5.41, 5.74) is 5.13. The van der Waals surface area contributed by atoms with Crippen molar-refractivity contribution in [2.45, 2.75) is 31.9 Å². The van der Waals surface area contributed by atoms with Gasteiger partial charge in [-0.15, -0.1) is 13.2 Å². The minimum Gasteiger partial charge on any atom is -0.394 e. The highest BCUT2D eigenvalue weighted by Gasteiger charge is 2.48. The van der Waals surface area contributed by atoms with Gasteiger partial charge in [-0.3, -0.25) is 14.8 Å². The lowest BCUT2D eigenvalue weighted by atomic mass is 9.95. The number of nitrogens with two attached hydrogens (primary N) is 1. The first kappa shape index (κ1) is 28.9. The number of benzene rings is 1. The molecule has 0 bridgehead atoms. The number of hydrogen-bond donors (Lipinski definition) is 4. The van der Waals surface area contributed by atoms with Crippen molar-refractivity contribution < 1.29 is 28.3 Å². The first-order chi connectivity index (χ1) is 15.1. The number of allylic oxidation sites excluding steroid dienone is 2. The summed E-state index contributed by atoms with van der Waals surface area (Å²) in [6, 6.07) is 4.11. The number of ether oxygens (including phenoxy) is 1. The molecule has 0 heterocycles. The molecule has 1 aromatic rings. The van der Waals surface area contributed by atoms with Gasteiger partial charge in [0.15, 0.2) is 5.60 Å². The maximum Gasteiger partial charge on any atom is 0.269 e. The van der Waals surface area contributed by atoms with E-state index in [0.29, 0.717) is 15.5 Å². The van der Waals surface area contributed by atoms with Crippen LogP contribution >= 0.6 is 11.8 Å². The molecule has 0 radical (unpaired) electrons. The van der Waals surface area contributed by atoms with Gasteiger partial charge < -0.3 is 15.8 Å². The third kappa shape index (κ3) is 8.19. The molecule has 1 aromatic carbocycles. The molecule has 0 aliphatic carbocycles. The Kier molecular flexibility index (Phi) is 12.7. The summed E-state index contributed by atoms with van der Waals surface area (Å²) in [6.45, 7) is 12.3. The van der Waals surface area contributed by atoms with Crippen LogP contribution < -0.4 is 16.5 Å². The van der Waals surface area contributed by atoms with Gasteiger partial charge in [0, 0.05) is 18.2 Å². The van der Waals surface area contributed by atoms with Crippen molar-refractivity contribution in [1.82, 2.24) is 10.8 Å². The SMILES string of the molecule is C=C.C=C(N)S/C(C#Cc1ccc(C(=O)NC(C(=O)NO)C(C)(OC)C(F)F)cc1)=C\C. The smallest absolute Gasteiger partial charge is 0.269 e. The molecule has 32 heavy (non-hydrogen) atoms. The molecule has 0 fully saturated rings. The van der Waals surface area contributed by atoms with Crippen molar-refractivity contribution in [1.29, 1.82) is 0 Å². The van der Waals surface area contributed by atoms with E-state index in [4.69, 9.17) is 15.7 Å². The summed E-state index contributed by atoms with van der Waals surface area (Å²) in [4.78, 5) is 25.0. The zero-order valence-corrected chi connectivity index (χ0v) is 18.9. The fourth-order valence-electron chi connectivity index (χ4n) is 2.22. The van der Waals surface area contributed by atoms with Crippen LogP contribution in [-0.2, 0) is 9.53 Å². The van der Waals surface area contributed by atoms with Gasteiger partial charge >= 0.3 is 0 Å². The van der Waals surface area contributed by atoms with Crippen molar-refractivity contribution >= 4 is 23.6 Å². The van der Waals surface area contributed by atoms with E-state index in [2.05, 4.69) is 36.9 Å². The van der Waals surface area contributed by atoms with E-state index >= 15 is 0 Å². The molecule has 10 heteroatoms. The number of hydrogen-bond acceptors (Lipinski definition) is 6. The number of halogens is 2. The summed E-state index contributed by atoms with van der Waals surface area (Å²) in [5, 5.41) is 11.4. The van der Waals surface area contributed by atoms with Gasteiger partial charge in [-0.2, -0.15) is 0 Å². The van der Waals surface area contributed by atoms with E-state index in [0.717, 1.165) is 14.0 Å². The fraction of sp³-hybridized carbons (Fsp3) is 0.273. The third-order valence-corrected chi connectivity index (χ3v) is 4.89. The molecule has 0 aliphatic rings. The third-order valence-electron chi connectivity index (χ3n) is 4.07. The van der Waals surface area contributed by atoms with Crippen molar-refractivity contribution in [2.75, 3.05) is 7.11 Å². The Balaban J connectivity index is 0.00000466. The van der Waals surface area contributed by atoms with E-state index in [1.54, 1.807) is 25.1 Å². The van der Waals surface area contributed by atoms with Gasteiger partial charge in [-0.1, -0.05) is 36.3 Å². The summed E-state index contributed by atoms with van der Waals surface area (Å²) in [5.74, 6) is 3.76. The normalized spacial score (nSPS) is 13.4. The second-order valence-corrected chi connectivity index (χ2v) is 7.29. The second-order valence-electron chi connectivity index (χ2n) is 6.12. The highest BCUT2D eigenvalue weighted by Crippen LogP contribution is 2.24. The Morgan fingerprint density at radius 3 is 2.28 bits per heavy atom. The number of thioether (sulfide) groups is 1. The Labute approximate surface area is 190 Å². The molecule has 5 N–H and O–H groups in total. The minimum atomic E-state index is -3.12. The zero-order chi connectivity index (χ0) is 24.9. The van der Waals surface area contributed by atoms with Crippen LogP contribution in [0.4, 0.5) is 8.78 Å². The van der Waals surface area contributed by atoms with Crippen LogP contribution in [0.1, 0.15) is 29.8 Å². The number of carbonyl (C=O) groups excluding carboxylic acids is 2. The van der Waals surface area contributed by atoms with E-state index in [1.165, 1.54) is 29.4 Å². The number of hydroxylamine groups is 1. The van der Waals surface area contributed by atoms with Crippen molar-refractivity contribution in [3.05, 3.63) is 71.1 Å². The molecule has 7 nitrogen and oxygen atoms in total. The number of amides is 2. The molecule has 2 amide bonds. The number of alkyl halides is 2. The molecular weight excluding hydrogens is 440 g/mol. The van der Waals surface area contributed by atoms with Crippen molar-refractivity contribution in [3.63, 3.8) is 0 Å². The molecule has 0 aliphatic heterocycles. The number of rotatable bonds is 8. The molecule has 2 unspecified atom stereocenters. The Morgan fingerprint density at radius 2 is 1.88 bits per heavy atom. The van der Waals surface area contributed by atoms with Crippen molar-refractivity contribution in [3.8, 4) is 11.8 Å². The molecular formula is C22H27F2N3O4S. The molecule has 174 valence electrons. The molecule has 1 rings (SSSR count). The largest absolute Gasteiger partial charge is 0.394 e. The first-order valence-corrected chi connectivity index (χ1v) is 9.89. The first-order valence-electron chi connectivity index (χ1n) is 9.07. The predicted molar refractivity (Wildman–Crippen MR) is 122 cm³/mol. The Bertz CT molecular complexity index is 895. The minimum absolute atomic E-state index is 0.0972. The highest BCUT2D eigenvalue weighted by atomic mass is 32.2. The number of carbonyl (C=O) groups is 2. The molecule has 2 atom stereocenters. The average molecular weight is 468 g/mol. The average Bonchev–Trinajstić information content (AvgIpc) is 2.80. The van der Waals surface area contributed by atoms with Crippen LogP contribution in [-0.4, -0.2) is 42.2 Å². The molecule has 0 aromatic heterocycles. The molecule has 0 spiro atoms. The topological polar surface area (TPSA) is 114 Å². The van der Waals surface area contributed by atoms with Gasteiger partial charge in [-0.25, -0.2) is 14.3 Å². The van der Waals surface area contributed by atoms with Crippen LogP contribution in [0.2, 0.25) is 0 Å². The number of nitrogens with one attached hydrogen (secondary N) is 2. The maximum atomic E-state index is 13.4. The van der Waals surface area contributed by atoms with Crippen molar-refractivity contribution in [2.24, 2.45) is 5.73 Å². The number of methoxy groups -OCH3 is 1. The lowest BCUT2D eigenvalue weighted by Crippen LogP contribution is -2.62. The van der Waals surface area contributed by atoms with Gasteiger partial charge in [0.2, 0.25) is 0 Å². The monoisotopic (exact) mass is 467 g/mol. The lowest BCUT2D eigenvalue weighted by Gasteiger charge is -2.34. The summed E-state index contributed by atoms with van der Waals surface area (Å²) < 4.78 is 31.6. The quantitative estimate of drug-likeness (QED) is 0.202. The van der Waals surface area contributed by atoms with Crippen LogP contribution in [0.25, 0.3) is 0 Å². The van der Waals surface area contributed by atoms with E-state index in [-0.39, 0.29) is 5.56 Å². The second kappa shape index (κ2) is 14.0. The van der Waals surface area contributed by atoms with Gasteiger partial charge in [0.05, 0.1) is 9.93 Å². The maximum absolute atomic E-state index is 13.4. The summed E-state index contributed by atoms with van der Waals surface area (Å²) in [6.07, 6.45) is -1.34. The van der Waals surface area contributed by atoms with Crippen LogP contribution in [0.3, 0.4) is 0 Å². The van der Waals surface area contributed by atoms with Gasteiger partial charge in [0.1, 0.15) is 6.04 Å². The van der Waals surface area contributed by atoms with E-state index < -0.39 is 29.9 Å². The fourth-order valence-corrected chi connectivity index (χ4v) is 2.72. The highest BCUT2D eigenvalue weighted by molar-refractivity contribution is 8.06. The van der Waals surface area contributed by atoms with E-state index in [9.17, 15) is 18.4 Å². The summed E-state index contributed by atoms with van der Waals surface area (Å²) in [7, 11) is 0.973. The van der Waals surface area contributed by atoms with Crippen LogP contribution in [0, 0.1) is 11.8 Å². The van der Waals surface area contributed by atoms with Crippen LogP contribution in [0.15, 0.2) is 60.0 Å². The Morgan fingerprint density at radius 1 is 1.31 bits per heavy atom. The van der Waals surface area contributed by atoms with Gasteiger partial charge in [0.25, 0.3) is 18.2 Å². The molecule has 0 saturated carbocycles. The van der Waals surface area contributed by atoms with Gasteiger partial charge in [-0.05, 0) is 38.1 Å². The zero-order valence-electron chi connectivity index (χ0n) is 18.1. The predicted octanol–water partition coefficient (Wildman–Crippen LogP) is 3.18. The lowest BCUT2D eigenvalue weighted by molar-refractivity contribution is -0.157. The summed E-state index contributed by atoms with van der Waals surface area (Å²) >= 11 is 1.22. The molecule has 0 saturated heterocycles. The van der Waals surface area contributed by atoms with Crippen LogP contribution in [0.5, 0.6) is 0 Å². The Hall–Kier alpha value is -3.13. The standard InChI is InChI=1S/C20H23F2N3O4S.C2H4/c1-5-15(30-12(2)23)11-8-13-6-9-14(10-7-13)17(26)24-16(18(27)25-28)20(3,29-4)19(21)22;1-2/h5-7,9-10,16,19,28H,2,23H2,1,3-4H3,(H,24,26)(H,25,27);1-2H2/b15-5-;.